The molecule has 3 aromatic rings. The molecule has 6 atom stereocenters. The monoisotopic (exact) mass is 405 g/mol. The number of rotatable bonds is 4. The Kier molecular flexibility index (Phi) is 3.73. The van der Waals surface area contributed by atoms with Gasteiger partial charge in [0, 0.05) is 12.0 Å². The molecule has 0 amide bonds. The molecule has 0 unspecified atom stereocenters. The number of anilines is 1. The van der Waals surface area contributed by atoms with Crippen LogP contribution in [-0.4, -0.2) is 49.2 Å². The first-order chi connectivity index (χ1) is 14.5. The first-order valence-corrected chi connectivity index (χ1v) is 10.4. The van der Waals surface area contributed by atoms with Crippen molar-refractivity contribution in [3.63, 3.8) is 0 Å². The van der Waals surface area contributed by atoms with Crippen molar-refractivity contribution in [2.24, 2.45) is 5.92 Å². The van der Waals surface area contributed by atoms with Crippen molar-refractivity contribution >= 4 is 17.0 Å². The van der Waals surface area contributed by atoms with Gasteiger partial charge in [0.1, 0.15) is 12.2 Å². The number of ether oxygens (including phenoxy) is 2. The van der Waals surface area contributed by atoms with Crippen LogP contribution in [0.15, 0.2) is 30.3 Å². The van der Waals surface area contributed by atoms with Gasteiger partial charge >= 0.3 is 0 Å². The molecule has 3 heterocycles. The highest BCUT2D eigenvalue weighted by Crippen LogP contribution is 2.47. The van der Waals surface area contributed by atoms with Crippen molar-refractivity contribution in [3.8, 4) is 6.07 Å². The predicted molar refractivity (Wildman–Crippen MR) is 107 cm³/mol. The van der Waals surface area contributed by atoms with Crippen LogP contribution in [0.4, 0.5) is 5.82 Å². The molecule has 154 valence electrons. The van der Waals surface area contributed by atoms with Gasteiger partial charge in [-0.15, -0.1) is 5.10 Å². The van der Waals surface area contributed by atoms with Crippen molar-refractivity contribution in [1.29, 1.82) is 5.26 Å². The SMILES string of the molecule is CC1(C)O[C@@H]2[C@H](O1)[C@@H](C#N)C[C@H]2n1nnc2c(N[C@@H]3C[C@H]3c3ccccc3)[nH]nc21. The van der Waals surface area contributed by atoms with E-state index in [1.54, 1.807) is 4.68 Å². The Morgan fingerprint density at radius 1 is 1.20 bits per heavy atom. The maximum absolute atomic E-state index is 9.58. The zero-order chi connectivity index (χ0) is 20.5. The summed E-state index contributed by atoms with van der Waals surface area (Å²) in [6.45, 7) is 3.76. The van der Waals surface area contributed by atoms with E-state index in [9.17, 15) is 5.26 Å². The molecule has 1 aliphatic heterocycles. The average Bonchev–Trinajstić information content (AvgIpc) is 2.99. The molecule has 3 aliphatic rings. The second kappa shape index (κ2) is 6.27. The van der Waals surface area contributed by atoms with E-state index in [1.165, 1.54) is 5.56 Å². The van der Waals surface area contributed by atoms with E-state index in [-0.39, 0.29) is 24.2 Å². The molecule has 0 spiro atoms. The summed E-state index contributed by atoms with van der Waals surface area (Å²) < 4.78 is 13.9. The summed E-state index contributed by atoms with van der Waals surface area (Å²) in [6.07, 6.45) is 1.18. The number of aromatic nitrogens is 5. The lowest BCUT2D eigenvalue weighted by molar-refractivity contribution is -0.158. The molecular formula is C21H23N7O2. The van der Waals surface area contributed by atoms with Gasteiger partial charge in [0.25, 0.3) is 0 Å². The van der Waals surface area contributed by atoms with Gasteiger partial charge in [0.05, 0.1) is 18.0 Å². The van der Waals surface area contributed by atoms with Gasteiger partial charge in [-0.1, -0.05) is 35.5 Å². The van der Waals surface area contributed by atoms with Crippen LogP contribution in [0.25, 0.3) is 11.2 Å². The quantitative estimate of drug-likeness (QED) is 0.686. The smallest absolute Gasteiger partial charge is 0.202 e. The minimum atomic E-state index is -0.709. The Morgan fingerprint density at radius 3 is 2.80 bits per heavy atom. The van der Waals surface area contributed by atoms with Crippen LogP contribution < -0.4 is 5.32 Å². The van der Waals surface area contributed by atoms with E-state index in [0.29, 0.717) is 29.5 Å². The van der Waals surface area contributed by atoms with Crippen LogP contribution in [-0.2, 0) is 9.47 Å². The molecule has 0 radical (unpaired) electrons. The molecule has 3 fully saturated rings. The number of benzene rings is 1. The van der Waals surface area contributed by atoms with Crippen LogP contribution >= 0.6 is 0 Å². The van der Waals surface area contributed by atoms with Crippen LogP contribution in [0, 0.1) is 17.2 Å². The van der Waals surface area contributed by atoms with Gasteiger partial charge in [-0.3, -0.25) is 5.10 Å². The third kappa shape index (κ3) is 2.71. The summed E-state index contributed by atoms with van der Waals surface area (Å²) >= 11 is 0. The number of fused-ring (bicyclic) bond motifs is 2. The maximum Gasteiger partial charge on any atom is 0.202 e. The summed E-state index contributed by atoms with van der Waals surface area (Å²) in [5, 5.41) is 29.4. The summed E-state index contributed by atoms with van der Waals surface area (Å²) in [7, 11) is 0. The zero-order valence-corrected chi connectivity index (χ0v) is 16.8. The highest BCUT2D eigenvalue weighted by molar-refractivity contribution is 5.83. The van der Waals surface area contributed by atoms with Crippen LogP contribution in [0.2, 0.25) is 0 Å². The van der Waals surface area contributed by atoms with Gasteiger partial charge in [-0.2, -0.15) is 10.4 Å². The number of hydrogen-bond donors (Lipinski definition) is 2. The molecule has 2 aromatic heterocycles. The fourth-order valence-corrected chi connectivity index (χ4v) is 4.97. The lowest BCUT2D eigenvalue weighted by atomic mass is 10.1. The van der Waals surface area contributed by atoms with E-state index in [0.717, 1.165) is 12.2 Å². The van der Waals surface area contributed by atoms with Crippen LogP contribution in [0.5, 0.6) is 0 Å². The first-order valence-electron chi connectivity index (χ1n) is 10.4. The predicted octanol–water partition coefficient (Wildman–Crippen LogP) is 2.73. The molecule has 2 N–H and O–H groups in total. The Balaban J connectivity index is 1.25. The van der Waals surface area contributed by atoms with E-state index >= 15 is 0 Å². The third-order valence-corrected chi connectivity index (χ3v) is 6.44. The summed E-state index contributed by atoms with van der Waals surface area (Å²) in [5.41, 5.74) is 2.73. The number of aromatic amines is 1. The molecule has 1 aromatic carbocycles. The fourth-order valence-electron chi connectivity index (χ4n) is 4.97. The summed E-state index contributed by atoms with van der Waals surface area (Å²) in [4.78, 5) is 0. The van der Waals surface area contributed by atoms with Gasteiger partial charge in [0.15, 0.2) is 17.1 Å². The lowest BCUT2D eigenvalue weighted by Crippen LogP contribution is -2.28. The number of nitriles is 1. The van der Waals surface area contributed by atoms with Crippen molar-refractivity contribution in [1.82, 2.24) is 25.2 Å². The lowest BCUT2D eigenvalue weighted by Gasteiger charge is -2.22. The third-order valence-electron chi connectivity index (χ3n) is 6.44. The van der Waals surface area contributed by atoms with Gasteiger partial charge in [-0.05, 0) is 32.3 Å². The van der Waals surface area contributed by atoms with Crippen molar-refractivity contribution < 1.29 is 9.47 Å². The zero-order valence-electron chi connectivity index (χ0n) is 16.8. The molecule has 9 nitrogen and oxygen atoms in total. The number of H-pyrrole nitrogens is 1. The minimum absolute atomic E-state index is 0.138. The highest BCUT2D eigenvalue weighted by Gasteiger charge is 2.55. The van der Waals surface area contributed by atoms with E-state index in [1.807, 2.05) is 19.9 Å². The Hall–Kier alpha value is -2.96. The molecule has 0 bridgehead atoms. The second-order valence-corrected chi connectivity index (χ2v) is 8.91. The van der Waals surface area contributed by atoms with Crippen LogP contribution in [0.1, 0.15) is 44.2 Å². The molecule has 1 saturated heterocycles. The molecule has 9 heteroatoms. The van der Waals surface area contributed by atoms with E-state index < -0.39 is 5.79 Å². The molecule has 30 heavy (non-hydrogen) atoms. The molecule has 2 aliphatic carbocycles. The molecule has 2 saturated carbocycles. The molecule has 6 rings (SSSR count). The largest absolute Gasteiger partial charge is 0.365 e. The number of nitrogens with zero attached hydrogens (tertiary/aromatic N) is 5. The van der Waals surface area contributed by atoms with Gasteiger partial charge in [-0.25, -0.2) is 4.68 Å². The Morgan fingerprint density at radius 2 is 2.00 bits per heavy atom. The Labute approximate surface area is 173 Å². The highest BCUT2D eigenvalue weighted by atomic mass is 16.8. The van der Waals surface area contributed by atoms with E-state index in [2.05, 4.69) is 56.2 Å². The number of nitrogens with one attached hydrogen (secondary N) is 2. The first kappa shape index (κ1) is 17.9. The minimum Gasteiger partial charge on any atom is -0.365 e. The fraction of sp³-hybridized carbons (Fsp3) is 0.524. The maximum atomic E-state index is 9.58. The molecular weight excluding hydrogens is 382 g/mol. The average molecular weight is 405 g/mol. The normalized spacial score (nSPS) is 34.0. The van der Waals surface area contributed by atoms with E-state index in [4.69, 9.17) is 9.47 Å². The number of hydrogen-bond acceptors (Lipinski definition) is 7. The standard InChI is InChI=1S/C21H23N7O2/c1-21(2)29-17-12(10-22)8-15(18(17)30-21)28-20-16(24-27-28)19(25-26-20)23-14-9-13(14)11-6-4-3-5-7-11/h3-7,12-15,17-18H,8-9H2,1-2H3,(H2,23,25,26)/t12-,13+,14-,15-,17-,18+/m1/s1. The van der Waals surface area contributed by atoms with Crippen molar-refractivity contribution in [2.75, 3.05) is 5.32 Å². The summed E-state index contributed by atoms with van der Waals surface area (Å²) in [6, 6.07) is 13.1. The Bertz CT molecular complexity index is 1130. The second-order valence-electron chi connectivity index (χ2n) is 8.91. The van der Waals surface area contributed by atoms with Crippen molar-refractivity contribution in [2.45, 2.75) is 62.7 Å². The summed E-state index contributed by atoms with van der Waals surface area (Å²) in [5.74, 6) is 0.336. The van der Waals surface area contributed by atoms with Gasteiger partial charge < -0.3 is 14.8 Å². The van der Waals surface area contributed by atoms with Crippen LogP contribution in [0.3, 0.4) is 0 Å². The van der Waals surface area contributed by atoms with Gasteiger partial charge in [0.2, 0.25) is 5.65 Å². The van der Waals surface area contributed by atoms with Crippen molar-refractivity contribution in [3.05, 3.63) is 35.9 Å². The topological polar surface area (TPSA) is 114 Å².